The minimum absolute atomic E-state index is 0.0664. The molecule has 9 nitrogen and oxygen atoms in total. The van der Waals surface area contributed by atoms with Gasteiger partial charge in [0.15, 0.2) is 0 Å². The van der Waals surface area contributed by atoms with Crippen molar-refractivity contribution in [2.45, 2.75) is 84.1 Å². The number of unbranched alkanes of at least 4 members (excludes halogenated alkanes) is 5. The predicted molar refractivity (Wildman–Crippen MR) is 131 cm³/mol. The van der Waals surface area contributed by atoms with Crippen molar-refractivity contribution in [2.24, 2.45) is 5.92 Å². The van der Waals surface area contributed by atoms with Crippen molar-refractivity contribution < 1.29 is 34.1 Å². The second-order valence-electron chi connectivity index (χ2n) is 8.27. The molecule has 0 heterocycles. The second kappa shape index (κ2) is 22.8. The molecule has 0 rings (SSSR count). The van der Waals surface area contributed by atoms with Crippen LogP contribution in [0.2, 0.25) is 0 Å². The maximum Gasteiger partial charge on any atom is 0.309 e. The van der Waals surface area contributed by atoms with Crippen molar-refractivity contribution in [3.8, 4) is 0 Å². The monoisotopic (exact) mass is 486 g/mol. The summed E-state index contributed by atoms with van der Waals surface area (Å²) in [5, 5.41) is 23.7. The molecular weight excluding hydrogens is 440 g/mol. The topological polar surface area (TPSA) is 134 Å². The number of aliphatic hydroxyl groups is 1. The molecule has 2 atom stereocenters. The molecule has 0 spiro atoms. The Balaban J connectivity index is 4.82. The zero-order chi connectivity index (χ0) is 25.4. The van der Waals surface area contributed by atoms with Crippen molar-refractivity contribution in [1.29, 1.82) is 0 Å². The molecule has 34 heavy (non-hydrogen) atoms. The fourth-order valence-corrected chi connectivity index (χ4v) is 3.34. The second-order valence-corrected chi connectivity index (χ2v) is 8.27. The number of hydrogen-bond acceptors (Lipinski definition) is 6. The van der Waals surface area contributed by atoms with Gasteiger partial charge in [0.05, 0.1) is 32.3 Å². The van der Waals surface area contributed by atoms with E-state index < -0.39 is 29.7 Å². The first-order chi connectivity index (χ1) is 16.5. The van der Waals surface area contributed by atoms with Gasteiger partial charge >= 0.3 is 17.8 Å². The lowest BCUT2D eigenvalue weighted by Crippen LogP contribution is -2.49. The van der Waals surface area contributed by atoms with Crippen LogP contribution >= 0.6 is 0 Å². The molecule has 0 saturated heterocycles. The highest BCUT2D eigenvalue weighted by Crippen LogP contribution is 2.17. The third-order valence-corrected chi connectivity index (χ3v) is 5.35. The molecule has 0 aromatic heterocycles. The number of carbonyl (C=O) groups excluding carboxylic acids is 2. The molecule has 2 amide bonds. The van der Waals surface area contributed by atoms with Gasteiger partial charge in [-0.25, -0.2) is 0 Å². The molecule has 198 valence electrons. The van der Waals surface area contributed by atoms with Crippen molar-refractivity contribution in [1.82, 2.24) is 10.6 Å². The molecule has 0 aromatic carbocycles. The molecule has 9 heteroatoms. The molecule has 0 fully saturated rings. The Bertz CT molecular complexity index is 569. The Morgan fingerprint density at radius 1 is 0.824 bits per heavy atom. The number of rotatable bonds is 22. The van der Waals surface area contributed by atoms with E-state index in [2.05, 4.69) is 29.7 Å². The van der Waals surface area contributed by atoms with Gasteiger partial charge in [0, 0.05) is 19.2 Å². The van der Waals surface area contributed by atoms with Crippen LogP contribution in [-0.2, 0) is 23.9 Å². The van der Waals surface area contributed by atoms with Gasteiger partial charge < -0.3 is 30.3 Å². The van der Waals surface area contributed by atoms with Crippen LogP contribution in [0, 0.1) is 5.92 Å². The van der Waals surface area contributed by atoms with E-state index in [1.165, 1.54) is 6.42 Å². The van der Waals surface area contributed by atoms with Gasteiger partial charge in [-0.05, 0) is 38.5 Å². The normalized spacial score (nSPS) is 13.0. The quantitative estimate of drug-likeness (QED) is 0.105. The third-order valence-electron chi connectivity index (χ3n) is 5.35. The smallest absolute Gasteiger partial charge is 0.309 e. The van der Waals surface area contributed by atoms with Gasteiger partial charge in [0.2, 0.25) is 0 Å². The number of ether oxygens (including phenoxy) is 2. The molecule has 0 aliphatic carbocycles. The van der Waals surface area contributed by atoms with Gasteiger partial charge in [-0.15, -0.1) is 0 Å². The van der Waals surface area contributed by atoms with E-state index >= 15 is 0 Å². The van der Waals surface area contributed by atoms with Crippen LogP contribution in [-0.4, -0.2) is 73.6 Å². The van der Waals surface area contributed by atoms with Crippen molar-refractivity contribution in [2.75, 3.05) is 39.6 Å². The van der Waals surface area contributed by atoms with Gasteiger partial charge in [-0.3, -0.25) is 14.4 Å². The van der Waals surface area contributed by atoms with Crippen LogP contribution in [0.25, 0.3) is 0 Å². The molecule has 0 aromatic rings. The van der Waals surface area contributed by atoms with E-state index in [4.69, 9.17) is 14.6 Å². The first-order valence-corrected chi connectivity index (χ1v) is 12.7. The average Bonchev–Trinajstić information content (AvgIpc) is 2.81. The number of aliphatic carboxylic acids is 1. The summed E-state index contributed by atoms with van der Waals surface area (Å²) in [6.45, 7) is 5.49. The summed E-state index contributed by atoms with van der Waals surface area (Å²) >= 11 is 0. The van der Waals surface area contributed by atoms with E-state index in [-0.39, 0.29) is 32.8 Å². The Hall–Kier alpha value is -1.97. The predicted octanol–water partition coefficient (Wildman–Crippen LogP) is 2.81. The van der Waals surface area contributed by atoms with Crippen molar-refractivity contribution in [3.05, 3.63) is 12.2 Å². The maximum absolute atomic E-state index is 12.4. The number of nitrogens with one attached hydrogen (secondary N) is 2. The highest BCUT2D eigenvalue weighted by molar-refractivity contribution is 6.35. The summed E-state index contributed by atoms with van der Waals surface area (Å²) in [6, 6.07) is -0.666. The summed E-state index contributed by atoms with van der Waals surface area (Å²) in [7, 11) is 0. The average molecular weight is 487 g/mol. The lowest BCUT2D eigenvalue weighted by atomic mass is 9.91. The zero-order valence-corrected chi connectivity index (χ0v) is 21.1. The molecular formula is C25H46N2O7. The van der Waals surface area contributed by atoms with E-state index in [0.29, 0.717) is 19.6 Å². The Morgan fingerprint density at radius 2 is 1.47 bits per heavy atom. The fraction of sp³-hybridized carbons (Fsp3) is 0.800. The van der Waals surface area contributed by atoms with Crippen LogP contribution in [0.3, 0.4) is 0 Å². The third kappa shape index (κ3) is 17.5. The molecule has 0 aliphatic rings. The number of carboxylic acids is 1. The summed E-state index contributed by atoms with van der Waals surface area (Å²) in [5.74, 6) is -3.44. The standard InChI is InChI=1S/C25H46N2O7/c1-3-5-7-8-9-10-11-12-13-22(27-24(30)23(29)26-15-6-4-2)21(25(31)32)14-17-33-19-20-34-18-16-28/h8-9,21-22,28H,3-7,10-20H2,1-2H3,(H,26,29)(H,27,30)(H,31,32)/b9-8-. The highest BCUT2D eigenvalue weighted by Gasteiger charge is 2.30. The van der Waals surface area contributed by atoms with Gasteiger partial charge in [0.1, 0.15) is 0 Å². The number of amides is 2. The number of allylic oxidation sites excluding steroid dienone is 2. The van der Waals surface area contributed by atoms with Gasteiger partial charge in [0.25, 0.3) is 0 Å². The lowest BCUT2D eigenvalue weighted by molar-refractivity contribution is -0.145. The van der Waals surface area contributed by atoms with E-state index in [1.807, 2.05) is 6.92 Å². The number of hydrogen-bond donors (Lipinski definition) is 4. The van der Waals surface area contributed by atoms with Crippen LogP contribution < -0.4 is 10.6 Å². The maximum atomic E-state index is 12.4. The number of aliphatic hydroxyl groups excluding tert-OH is 1. The summed E-state index contributed by atoms with van der Waals surface area (Å²) in [4.78, 5) is 36.5. The molecule has 0 saturated carbocycles. The van der Waals surface area contributed by atoms with Crippen molar-refractivity contribution in [3.63, 3.8) is 0 Å². The summed E-state index contributed by atoms with van der Waals surface area (Å²) in [6.07, 6.45) is 12.6. The SMILES string of the molecule is CCCC/C=C\CCCCC(NC(=O)C(=O)NCCCC)C(CCOCCOCCO)C(=O)O. The minimum atomic E-state index is -1.03. The van der Waals surface area contributed by atoms with Crippen LogP contribution in [0.1, 0.15) is 78.1 Å². The van der Waals surface area contributed by atoms with E-state index in [1.54, 1.807) is 0 Å². The van der Waals surface area contributed by atoms with Gasteiger partial charge in [-0.2, -0.15) is 0 Å². The largest absolute Gasteiger partial charge is 0.481 e. The fourth-order valence-electron chi connectivity index (χ4n) is 3.34. The Kier molecular flexibility index (Phi) is 21.5. The van der Waals surface area contributed by atoms with Crippen LogP contribution in [0.4, 0.5) is 0 Å². The molecule has 0 aliphatic heterocycles. The molecule has 0 bridgehead atoms. The minimum Gasteiger partial charge on any atom is -0.481 e. The summed E-state index contributed by atoms with van der Waals surface area (Å²) < 4.78 is 10.6. The molecule has 2 unspecified atom stereocenters. The first-order valence-electron chi connectivity index (χ1n) is 12.7. The van der Waals surface area contributed by atoms with Gasteiger partial charge in [-0.1, -0.05) is 51.7 Å². The van der Waals surface area contributed by atoms with Crippen LogP contribution in [0.5, 0.6) is 0 Å². The Labute approximate surface area is 204 Å². The van der Waals surface area contributed by atoms with Crippen molar-refractivity contribution >= 4 is 17.8 Å². The number of carbonyl (C=O) groups is 3. The van der Waals surface area contributed by atoms with Crippen LogP contribution in [0.15, 0.2) is 12.2 Å². The molecule has 4 N–H and O–H groups in total. The first kappa shape index (κ1) is 32.0. The number of carboxylic acid groups (broad SMARTS) is 1. The molecule has 0 radical (unpaired) electrons. The highest BCUT2D eigenvalue weighted by atomic mass is 16.5. The Morgan fingerprint density at radius 3 is 2.09 bits per heavy atom. The lowest BCUT2D eigenvalue weighted by Gasteiger charge is -2.25. The zero-order valence-electron chi connectivity index (χ0n) is 21.1. The summed E-state index contributed by atoms with van der Waals surface area (Å²) in [5.41, 5.74) is 0. The van der Waals surface area contributed by atoms with E-state index in [9.17, 15) is 19.5 Å². The van der Waals surface area contributed by atoms with E-state index in [0.717, 1.165) is 44.9 Å².